The molecule has 34 heavy (non-hydrogen) atoms. The van der Waals surface area contributed by atoms with Crippen molar-refractivity contribution in [2.24, 2.45) is 0 Å². The second kappa shape index (κ2) is 12.1. The summed E-state index contributed by atoms with van der Waals surface area (Å²) in [7, 11) is 3.53. The van der Waals surface area contributed by atoms with Crippen molar-refractivity contribution in [3.8, 4) is 34.6 Å². The van der Waals surface area contributed by atoms with Crippen molar-refractivity contribution < 1.29 is 47.0 Å². The molecule has 0 aromatic carbocycles. The van der Waals surface area contributed by atoms with Crippen LogP contribution in [0.5, 0.6) is 23.5 Å². The van der Waals surface area contributed by atoms with Gasteiger partial charge in [0.05, 0.1) is 11.1 Å². The quantitative estimate of drug-likeness (QED) is 0.258. The monoisotopic (exact) mass is 520 g/mol. The van der Waals surface area contributed by atoms with Crippen LogP contribution in [-0.4, -0.2) is 89.8 Å². The highest BCUT2D eigenvalue weighted by Crippen LogP contribution is 2.43. The van der Waals surface area contributed by atoms with Gasteiger partial charge in [0.1, 0.15) is 0 Å². The summed E-state index contributed by atoms with van der Waals surface area (Å²) in [6.45, 7) is 0.515. The van der Waals surface area contributed by atoms with Crippen LogP contribution >= 0.6 is 0 Å². The van der Waals surface area contributed by atoms with Crippen molar-refractivity contribution in [1.82, 2.24) is 9.13 Å². The largest absolute Gasteiger partial charge is 0.500 e. The summed E-state index contributed by atoms with van der Waals surface area (Å²) >= 11 is 0. The van der Waals surface area contributed by atoms with Crippen LogP contribution in [0.2, 0.25) is 12.1 Å². The molecule has 0 spiro atoms. The fourth-order valence-corrected chi connectivity index (χ4v) is 7.31. The first-order valence-corrected chi connectivity index (χ1v) is 14.6. The van der Waals surface area contributed by atoms with Crippen LogP contribution in [0.3, 0.4) is 0 Å². The molecule has 2 aromatic heterocycles. The van der Waals surface area contributed by atoms with Gasteiger partial charge < -0.3 is 47.0 Å². The Morgan fingerprint density at radius 1 is 0.588 bits per heavy atom. The van der Waals surface area contributed by atoms with Crippen molar-refractivity contribution in [3.05, 3.63) is 12.1 Å². The molecule has 2 heterocycles. The predicted octanol–water partition coefficient (Wildman–Crippen LogP) is 2.32. The maximum atomic E-state index is 10.7. The van der Waals surface area contributed by atoms with Gasteiger partial charge in [0.2, 0.25) is 11.8 Å². The topological polar surface area (TPSA) is 146 Å². The number of aromatic nitrogens is 2. The molecule has 0 bridgehead atoms. The molecule has 0 aliphatic rings. The van der Waals surface area contributed by atoms with E-state index in [-0.39, 0.29) is 47.7 Å². The molecule has 0 aliphatic heterocycles. The first-order valence-electron chi connectivity index (χ1n) is 10.7. The van der Waals surface area contributed by atoms with E-state index in [0.717, 1.165) is 0 Å². The molecule has 2 aromatic rings. The van der Waals surface area contributed by atoms with Crippen molar-refractivity contribution in [2.45, 2.75) is 38.0 Å². The van der Waals surface area contributed by atoms with Gasteiger partial charge >= 0.3 is 17.6 Å². The number of rotatable bonds is 15. The molecule has 0 radical (unpaired) electrons. The van der Waals surface area contributed by atoms with Crippen molar-refractivity contribution in [2.75, 3.05) is 42.7 Å². The Morgan fingerprint density at radius 2 is 0.882 bits per heavy atom. The fourth-order valence-electron chi connectivity index (χ4n) is 3.91. The lowest BCUT2D eigenvalue weighted by atomic mass is 10.1. The number of nitrogens with zero attached hydrogens (tertiary/aromatic N) is 2. The summed E-state index contributed by atoms with van der Waals surface area (Å²) in [6, 6.07) is 3.61. The molecule has 0 saturated carbocycles. The third-order valence-corrected chi connectivity index (χ3v) is 11.6. The summed E-state index contributed by atoms with van der Waals surface area (Å²) in [5.74, 6) is -0.854. The third kappa shape index (κ3) is 5.77. The van der Waals surface area contributed by atoms with Crippen molar-refractivity contribution in [3.63, 3.8) is 0 Å². The van der Waals surface area contributed by atoms with Gasteiger partial charge in [-0.2, -0.15) is 0 Å². The van der Waals surface area contributed by atoms with Crippen molar-refractivity contribution >= 4 is 17.6 Å². The Kier molecular flexibility index (Phi) is 10.0. The third-order valence-electron chi connectivity index (χ3n) is 5.98. The van der Waals surface area contributed by atoms with Crippen molar-refractivity contribution in [1.29, 1.82) is 0 Å². The van der Waals surface area contributed by atoms with E-state index in [1.54, 1.807) is 0 Å². The molecular weight excluding hydrogens is 484 g/mol. The van der Waals surface area contributed by atoms with Gasteiger partial charge in [-0.05, 0) is 12.8 Å². The van der Waals surface area contributed by atoms with E-state index in [0.29, 0.717) is 24.9 Å². The van der Waals surface area contributed by atoms with Crippen LogP contribution in [0.1, 0.15) is 12.8 Å². The van der Waals surface area contributed by atoms with E-state index in [4.69, 9.17) is 26.6 Å². The van der Waals surface area contributed by atoms with Crippen LogP contribution in [0.25, 0.3) is 11.1 Å². The molecule has 2 rings (SSSR count). The van der Waals surface area contributed by atoms with E-state index >= 15 is 0 Å². The Hall–Kier alpha value is -2.05. The summed E-state index contributed by atoms with van der Waals surface area (Å²) in [5, 5.41) is 42.3. The lowest BCUT2D eigenvalue weighted by molar-refractivity contribution is 0.122. The highest BCUT2D eigenvalue weighted by Gasteiger charge is 2.38. The number of hydrogen-bond acceptors (Lipinski definition) is 10. The van der Waals surface area contributed by atoms with Gasteiger partial charge in [-0.3, -0.25) is 9.13 Å². The zero-order chi connectivity index (χ0) is 25.5. The van der Waals surface area contributed by atoms with Gasteiger partial charge in [0.15, 0.2) is 11.8 Å². The van der Waals surface area contributed by atoms with Gasteiger partial charge in [0, 0.05) is 80.0 Å². The number of aromatic hydroxyl groups is 4. The lowest BCUT2D eigenvalue weighted by Gasteiger charge is -2.24. The Balaban J connectivity index is 2.18. The first-order chi connectivity index (χ1) is 16.2. The molecule has 14 heteroatoms. The summed E-state index contributed by atoms with van der Waals surface area (Å²) in [6.07, 6.45) is 0.999. The maximum absolute atomic E-state index is 10.7. The fraction of sp³-hybridized carbons (Fsp3) is 0.600. The molecule has 0 atom stereocenters. The summed E-state index contributed by atoms with van der Waals surface area (Å²) < 4.78 is 35.0. The van der Waals surface area contributed by atoms with Gasteiger partial charge in [-0.15, -0.1) is 0 Å². The Bertz CT molecular complexity index is 834. The predicted molar refractivity (Wildman–Crippen MR) is 127 cm³/mol. The molecule has 0 fully saturated rings. The molecule has 12 nitrogen and oxygen atoms in total. The van der Waals surface area contributed by atoms with Crippen LogP contribution in [-0.2, 0) is 39.6 Å². The average molecular weight is 521 g/mol. The summed E-state index contributed by atoms with van der Waals surface area (Å²) in [4.78, 5) is 0. The highest BCUT2D eigenvalue weighted by molar-refractivity contribution is 6.60. The van der Waals surface area contributed by atoms with Crippen LogP contribution in [0.4, 0.5) is 0 Å². The van der Waals surface area contributed by atoms with Gasteiger partial charge in [0.25, 0.3) is 0 Å². The van der Waals surface area contributed by atoms with E-state index in [2.05, 4.69) is 0 Å². The van der Waals surface area contributed by atoms with Gasteiger partial charge in [-0.25, -0.2) is 0 Å². The smallest absolute Gasteiger partial charge is 0.494 e. The standard InChI is InChI=1S/C20H36N2O10Si2/c1-27-33(28-2,29-3)11-7-9-21-17(23)13-15(19(21)25)16-14-18(24)22(20(16)26)10-8-12-34(30-4,31-5)32-6/h13-14,23-26H,7-12H2,1-6H3. The molecule has 0 unspecified atom stereocenters. The summed E-state index contributed by atoms with van der Waals surface area (Å²) in [5.41, 5.74) is 0.374. The molecule has 4 N–H and O–H groups in total. The molecule has 194 valence electrons. The molecule has 0 saturated heterocycles. The van der Waals surface area contributed by atoms with Gasteiger partial charge in [-0.1, -0.05) is 0 Å². The maximum Gasteiger partial charge on any atom is 0.500 e. The first kappa shape index (κ1) is 28.2. The van der Waals surface area contributed by atoms with Crippen LogP contribution < -0.4 is 0 Å². The Labute approximate surface area is 201 Å². The second-order valence-corrected chi connectivity index (χ2v) is 13.8. The zero-order valence-corrected chi connectivity index (χ0v) is 22.5. The average Bonchev–Trinajstić information content (AvgIpc) is 3.29. The molecule has 0 aliphatic carbocycles. The van der Waals surface area contributed by atoms with E-state index < -0.39 is 17.6 Å². The minimum atomic E-state index is -2.79. The van der Waals surface area contributed by atoms with E-state index in [1.807, 2.05) is 0 Å². The molecular formula is C20H36N2O10Si2. The zero-order valence-electron chi connectivity index (χ0n) is 20.5. The van der Waals surface area contributed by atoms with Crippen LogP contribution in [0, 0.1) is 0 Å². The highest BCUT2D eigenvalue weighted by atomic mass is 28.4. The molecule has 0 amide bonds. The normalized spacial score (nSPS) is 12.5. The number of hydrogen-bond donors (Lipinski definition) is 4. The van der Waals surface area contributed by atoms with E-state index in [9.17, 15) is 20.4 Å². The van der Waals surface area contributed by atoms with E-state index in [1.165, 1.54) is 63.9 Å². The Morgan fingerprint density at radius 3 is 1.15 bits per heavy atom. The minimum Gasteiger partial charge on any atom is -0.494 e. The van der Waals surface area contributed by atoms with Crippen LogP contribution in [0.15, 0.2) is 12.1 Å². The lowest BCUT2D eigenvalue weighted by Crippen LogP contribution is -2.42. The SMILES string of the molecule is CO[Si](CCCn1c(O)cc(-c2cc(O)n(CCC[Si](OC)(OC)OC)c2O)c1O)(OC)OC. The minimum absolute atomic E-state index is 0.185. The second-order valence-electron chi connectivity index (χ2n) is 7.58.